The Morgan fingerprint density at radius 3 is 2.79 bits per heavy atom. The Hall–Kier alpha value is -1.75. The van der Waals surface area contributed by atoms with E-state index in [9.17, 15) is 4.79 Å². The van der Waals surface area contributed by atoms with Gasteiger partial charge in [-0.15, -0.1) is 0 Å². The van der Waals surface area contributed by atoms with Crippen molar-refractivity contribution in [1.29, 1.82) is 0 Å². The Kier molecular flexibility index (Phi) is 4.63. The normalized spacial score (nSPS) is 15.2. The number of nitrogens with two attached hydrogens (primary N) is 1. The molecule has 19 heavy (non-hydrogen) atoms. The molecule has 1 heterocycles. The first-order valence-corrected chi connectivity index (χ1v) is 6.63. The highest BCUT2D eigenvalue weighted by molar-refractivity contribution is 5.76. The molecule has 0 unspecified atom stereocenters. The minimum atomic E-state index is 0.113. The molecule has 0 aromatic heterocycles. The zero-order chi connectivity index (χ0) is 13.7. The van der Waals surface area contributed by atoms with Crippen LogP contribution in [0.25, 0.3) is 0 Å². The van der Waals surface area contributed by atoms with Crippen molar-refractivity contribution < 1.29 is 9.53 Å². The van der Waals surface area contributed by atoms with Crippen molar-refractivity contribution in [1.82, 2.24) is 9.80 Å². The fraction of sp³-hybridized carbons (Fsp3) is 0.500. The van der Waals surface area contributed by atoms with Gasteiger partial charge in [-0.2, -0.15) is 0 Å². The monoisotopic (exact) mass is 263 g/mol. The molecule has 0 radical (unpaired) electrons. The second-order valence-corrected chi connectivity index (χ2v) is 4.71. The third-order valence-electron chi connectivity index (χ3n) is 3.32. The van der Waals surface area contributed by atoms with Gasteiger partial charge in [0, 0.05) is 38.8 Å². The number of para-hydroxylation sites is 1. The highest BCUT2D eigenvalue weighted by atomic mass is 16.5. The lowest BCUT2D eigenvalue weighted by molar-refractivity contribution is 0.194. The van der Waals surface area contributed by atoms with Gasteiger partial charge >= 0.3 is 6.03 Å². The van der Waals surface area contributed by atoms with Crippen LogP contribution in [0.15, 0.2) is 24.3 Å². The standard InChI is InChI=1S/C14H21N3O2/c1-16-8-9-17(14(16)18)7-4-10-19-13-6-3-2-5-12(13)11-15/h2-3,5-6H,4,7-11,15H2,1H3. The summed E-state index contributed by atoms with van der Waals surface area (Å²) in [6.45, 7) is 3.45. The Morgan fingerprint density at radius 1 is 1.32 bits per heavy atom. The van der Waals surface area contributed by atoms with E-state index in [1.165, 1.54) is 0 Å². The molecule has 2 N–H and O–H groups in total. The SMILES string of the molecule is CN1CCN(CCCOc2ccccc2CN)C1=O. The molecule has 5 heteroatoms. The number of rotatable bonds is 6. The van der Waals surface area contributed by atoms with Crippen LogP contribution in [-0.4, -0.2) is 49.1 Å². The largest absolute Gasteiger partial charge is 0.493 e. The first-order valence-electron chi connectivity index (χ1n) is 6.63. The van der Waals surface area contributed by atoms with Gasteiger partial charge in [-0.05, 0) is 12.5 Å². The van der Waals surface area contributed by atoms with Crippen LogP contribution >= 0.6 is 0 Å². The smallest absolute Gasteiger partial charge is 0.319 e. The number of hydrogen-bond acceptors (Lipinski definition) is 3. The van der Waals surface area contributed by atoms with Crippen molar-refractivity contribution in [3.8, 4) is 5.75 Å². The van der Waals surface area contributed by atoms with Crippen molar-refractivity contribution in [2.24, 2.45) is 5.73 Å². The second kappa shape index (κ2) is 6.43. The van der Waals surface area contributed by atoms with Crippen LogP contribution in [0.1, 0.15) is 12.0 Å². The van der Waals surface area contributed by atoms with Gasteiger partial charge in [-0.3, -0.25) is 0 Å². The Labute approximate surface area is 113 Å². The van der Waals surface area contributed by atoms with Crippen LogP contribution in [0.2, 0.25) is 0 Å². The molecule has 5 nitrogen and oxygen atoms in total. The van der Waals surface area contributed by atoms with Gasteiger partial charge in [-0.1, -0.05) is 18.2 Å². The molecular weight excluding hydrogens is 242 g/mol. The molecule has 0 aliphatic carbocycles. The van der Waals surface area contributed by atoms with Crippen molar-refractivity contribution in [3.05, 3.63) is 29.8 Å². The predicted octanol–water partition coefficient (Wildman–Crippen LogP) is 1.28. The van der Waals surface area contributed by atoms with Crippen LogP contribution in [0, 0.1) is 0 Å². The van der Waals surface area contributed by atoms with Gasteiger partial charge < -0.3 is 20.3 Å². The van der Waals surface area contributed by atoms with Crippen LogP contribution in [0.5, 0.6) is 5.75 Å². The summed E-state index contributed by atoms with van der Waals surface area (Å²) in [6, 6.07) is 7.90. The molecule has 0 atom stereocenters. The molecule has 0 bridgehead atoms. The molecule has 1 aromatic carbocycles. The molecule has 2 rings (SSSR count). The van der Waals surface area contributed by atoms with Crippen molar-refractivity contribution in [2.75, 3.05) is 33.3 Å². The number of carbonyl (C=O) groups excluding carboxylic acids is 1. The summed E-state index contributed by atoms with van der Waals surface area (Å²) < 4.78 is 5.72. The lowest BCUT2D eigenvalue weighted by Crippen LogP contribution is -2.30. The van der Waals surface area contributed by atoms with Crippen molar-refractivity contribution >= 4 is 6.03 Å². The highest BCUT2D eigenvalue weighted by Gasteiger charge is 2.24. The number of urea groups is 1. The van der Waals surface area contributed by atoms with Gasteiger partial charge in [0.1, 0.15) is 5.75 Å². The number of carbonyl (C=O) groups is 1. The van der Waals surface area contributed by atoms with E-state index in [4.69, 9.17) is 10.5 Å². The van der Waals surface area contributed by atoms with Gasteiger partial charge in [0.25, 0.3) is 0 Å². The van der Waals surface area contributed by atoms with Gasteiger partial charge in [-0.25, -0.2) is 4.79 Å². The van der Waals surface area contributed by atoms with E-state index in [1.54, 1.807) is 4.90 Å². The van der Waals surface area contributed by atoms with Crippen LogP contribution in [0.4, 0.5) is 4.79 Å². The Morgan fingerprint density at radius 2 is 2.11 bits per heavy atom. The van der Waals surface area contributed by atoms with E-state index in [0.717, 1.165) is 37.4 Å². The number of nitrogens with zero attached hydrogens (tertiary/aromatic N) is 2. The molecule has 1 aromatic rings. The first-order chi connectivity index (χ1) is 9.22. The predicted molar refractivity (Wildman–Crippen MR) is 74.0 cm³/mol. The number of amides is 2. The molecular formula is C14H21N3O2. The molecule has 1 saturated heterocycles. The first kappa shape index (κ1) is 13.7. The zero-order valence-electron chi connectivity index (χ0n) is 11.3. The maximum atomic E-state index is 11.7. The lowest BCUT2D eigenvalue weighted by atomic mass is 10.2. The van der Waals surface area contributed by atoms with Crippen LogP contribution < -0.4 is 10.5 Å². The second-order valence-electron chi connectivity index (χ2n) is 4.71. The Bertz CT molecular complexity index is 436. The highest BCUT2D eigenvalue weighted by Crippen LogP contribution is 2.17. The maximum absolute atomic E-state index is 11.7. The topological polar surface area (TPSA) is 58.8 Å². The number of benzene rings is 1. The summed E-state index contributed by atoms with van der Waals surface area (Å²) in [4.78, 5) is 15.3. The molecule has 1 fully saturated rings. The van der Waals surface area contributed by atoms with E-state index in [1.807, 2.05) is 36.2 Å². The fourth-order valence-electron chi connectivity index (χ4n) is 2.16. The summed E-state index contributed by atoms with van der Waals surface area (Å²) in [5.74, 6) is 0.842. The number of likely N-dealkylation sites (N-methyl/N-ethyl adjacent to an activating group) is 1. The number of hydrogen-bond donors (Lipinski definition) is 1. The van der Waals surface area contributed by atoms with Gasteiger partial charge in [0.05, 0.1) is 6.61 Å². The molecule has 1 aliphatic rings. The van der Waals surface area contributed by atoms with E-state index < -0.39 is 0 Å². The van der Waals surface area contributed by atoms with Crippen LogP contribution in [0.3, 0.4) is 0 Å². The minimum absolute atomic E-state index is 0.113. The van der Waals surface area contributed by atoms with Gasteiger partial charge in [0.15, 0.2) is 0 Å². The zero-order valence-corrected chi connectivity index (χ0v) is 11.3. The molecule has 2 amide bonds. The average Bonchev–Trinajstić information content (AvgIpc) is 2.76. The van der Waals surface area contributed by atoms with Crippen molar-refractivity contribution in [3.63, 3.8) is 0 Å². The molecule has 0 spiro atoms. The van der Waals surface area contributed by atoms with E-state index in [2.05, 4.69) is 0 Å². The van der Waals surface area contributed by atoms with Crippen molar-refractivity contribution in [2.45, 2.75) is 13.0 Å². The molecule has 1 aliphatic heterocycles. The summed E-state index contributed by atoms with van der Waals surface area (Å²) in [5.41, 5.74) is 6.66. The summed E-state index contributed by atoms with van der Waals surface area (Å²) >= 11 is 0. The maximum Gasteiger partial charge on any atom is 0.319 e. The van der Waals surface area contributed by atoms with E-state index in [0.29, 0.717) is 13.2 Å². The third kappa shape index (κ3) is 3.38. The molecule has 0 saturated carbocycles. The van der Waals surface area contributed by atoms with Gasteiger partial charge in [0.2, 0.25) is 0 Å². The minimum Gasteiger partial charge on any atom is -0.493 e. The van der Waals surface area contributed by atoms with E-state index >= 15 is 0 Å². The fourth-order valence-corrected chi connectivity index (χ4v) is 2.16. The summed E-state index contributed by atoms with van der Waals surface area (Å²) in [5, 5.41) is 0. The Balaban J connectivity index is 1.74. The summed E-state index contributed by atoms with van der Waals surface area (Å²) in [7, 11) is 1.83. The average molecular weight is 263 g/mol. The molecule has 104 valence electrons. The van der Waals surface area contributed by atoms with E-state index in [-0.39, 0.29) is 6.03 Å². The summed E-state index contributed by atoms with van der Waals surface area (Å²) in [6.07, 6.45) is 0.832. The third-order valence-corrected chi connectivity index (χ3v) is 3.32. The van der Waals surface area contributed by atoms with Crippen LogP contribution in [-0.2, 0) is 6.54 Å². The lowest BCUT2D eigenvalue weighted by Gasteiger charge is -2.16. The number of ether oxygens (including phenoxy) is 1. The quantitative estimate of drug-likeness (QED) is 0.787.